The third-order valence-electron chi connectivity index (χ3n) is 6.15. The second-order valence-corrected chi connectivity index (χ2v) is 8.29. The quantitative estimate of drug-likeness (QED) is 0.705. The molecule has 4 atom stereocenters. The molecular formula is C20H21ClN4O4. The van der Waals surface area contributed by atoms with Gasteiger partial charge in [0.15, 0.2) is 17.1 Å². The number of furan rings is 1. The summed E-state index contributed by atoms with van der Waals surface area (Å²) in [5.74, 6) is 1.19. The number of carbonyl (C=O) groups is 1. The Hall–Kier alpha value is -2.58. The second kappa shape index (κ2) is 7.03. The van der Waals surface area contributed by atoms with E-state index in [1.807, 2.05) is 4.90 Å². The number of hydrogen-bond donors (Lipinski definition) is 1. The molecule has 0 spiro atoms. The van der Waals surface area contributed by atoms with Crippen molar-refractivity contribution < 1.29 is 19.1 Å². The number of fused-ring (bicyclic) bond motifs is 2. The highest BCUT2D eigenvalue weighted by Crippen LogP contribution is 2.42. The number of aromatic nitrogens is 3. The molecule has 2 fully saturated rings. The second-order valence-electron chi connectivity index (χ2n) is 7.85. The SMILES string of the molecule is COc1cc(Cl)cc2cc(C(=O)N3C[C@H]4C[C@@H](n5cncn5)[C@H](O)C[C@H]4C3)oc12. The number of hydrogen-bond acceptors (Lipinski definition) is 6. The number of rotatable bonds is 3. The van der Waals surface area contributed by atoms with Gasteiger partial charge in [-0.15, -0.1) is 0 Å². The molecule has 1 aliphatic heterocycles. The Morgan fingerprint density at radius 3 is 2.79 bits per heavy atom. The summed E-state index contributed by atoms with van der Waals surface area (Å²) in [4.78, 5) is 18.9. The number of aliphatic hydroxyl groups is 1. The molecule has 1 aliphatic carbocycles. The lowest BCUT2D eigenvalue weighted by atomic mass is 9.77. The largest absolute Gasteiger partial charge is 0.493 e. The third-order valence-corrected chi connectivity index (χ3v) is 6.37. The predicted molar refractivity (Wildman–Crippen MR) is 105 cm³/mol. The Bertz CT molecular complexity index is 1050. The Labute approximate surface area is 172 Å². The molecule has 152 valence electrons. The van der Waals surface area contributed by atoms with E-state index in [4.69, 9.17) is 20.8 Å². The maximum atomic E-state index is 13.1. The number of nitrogens with zero attached hydrogens (tertiary/aromatic N) is 4. The minimum atomic E-state index is -0.495. The molecule has 1 saturated heterocycles. The molecule has 8 nitrogen and oxygen atoms in total. The monoisotopic (exact) mass is 416 g/mol. The maximum absolute atomic E-state index is 13.1. The standard InChI is InChI=1S/C20H21ClN4O4/c1-28-17-6-14(21)2-11-5-18(29-19(11)17)20(27)24-7-12-3-15(25-10-22-9-23-25)16(26)4-13(12)8-24/h2,5-6,9-10,12-13,15-16,26H,3-4,7-8H2,1H3/t12-,13+,15-,16-/m1/s1. The summed E-state index contributed by atoms with van der Waals surface area (Å²) in [6.45, 7) is 1.25. The van der Waals surface area contributed by atoms with Crippen LogP contribution in [0.1, 0.15) is 29.4 Å². The highest BCUT2D eigenvalue weighted by molar-refractivity contribution is 6.31. The average Bonchev–Trinajstić information content (AvgIpc) is 3.44. The van der Waals surface area contributed by atoms with Crippen LogP contribution in [-0.4, -0.2) is 57.0 Å². The number of amides is 1. The van der Waals surface area contributed by atoms with Gasteiger partial charge in [-0.05, 0) is 36.8 Å². The summed E-state index contributed by atoms with van der Waals surface area (Å²) < 4.78 is 12.9. The molecular weight excluding hydrogens is 396 g/mol. The highest BCUT2D eigenvalue weighted by Gasteiger charge is 2.44. The van der Waals surface area contributed by atoms with E-state index >= 15 is 0 Å². The number of carbonyl (C=O) groups excluding carboxylic acids is 1. The van der Waals surface area contributed by atoms with Gasteiger partial charge in [-0.2, -0.15) is 5.10 Å². The molecule has 1 aromatic carbocycles. The molecule has 3 aromatic rings. The van der Waals surface area contributed by atoms with Gasteiger partial charge in [0.25, 0.3) is 5.91 Å². The summed E-state index contributed by atoms with van der Waals surface area (Å²) in [5, 5.41) is 16.0. The summed E-state index contributed by atoms with van der Waals surface area (Å²) in [6.07, 6.45) is 4.03. The fraction of sp³-hybridized carbons (Fsp3) is 0.450. The first-order valence-electron chi connectivity index (χ1n) is 9.62. The zero-order valence-corrected chi connectivity index (χ0v) is 16.6. The molecule has 9 heteroatoms. The van der Waals surface area contributed by atoms with Crippen molar-refractivity contribution in [1.82, 2.24) is 19.7 Å². The first kappa shape index (κ1) is 18.4. The molecule has 3 heterocycles. The van der Waals surface area contributed by atoms with E-state index in [-0.39, 0.29) is 23.6 Å². The molecule has 2 aromatic heterocycles. The van der Waals surface area contributed by atoms with Gasteiger partial charge in [0.1, 0.15) is 12.7 Å². The van der Waals surface area contributed by atoms with Crippen molar-refractivity contribution in [2.45, 2.75) is 25.0 Å². The number of ether oxygens (including phenoxy) is 1. The molecule has 5 rings (SSSR count). The van der Waals surface area contributed by atoms with Crippen molar-refractivity contribution >= 4 is 28.5 Å². The minimum Gasteiger partial charge on any atom is -0.493 e. The summed E-state index contributed by atoms with van der Waals surface area (Å²) in [5.41, 5.74) is 0.513. The van der Waals surface area contributed by atoms with Crippen molar-refractivity contribution in [2.75, 3.05) is 20.2 Å². The molecule has 1 saturated carbocycles. The smallest absolute Gasteiger partial charge is 0.289 e. The Kier molecular flexibility index (Phi) is 4.48. The topological polar surface area (TPSA) is 93.6 Å². The van der Waals surface area contributed by atoms with Crippen LogP contribution in [0, 0.1) is 11.8 Å². The van der Waals surface area contributed by atoms with Crippen molar-refractivity contribution in [1.29, 1.82) is 0 Å². The van der Waals surface area contributed by atoms with Crippen LogP contribution in [0.3, 0.4) is 0 Å². The fourth-order valence-electron chi connectivity index (χ4n) is 4.74. The van der Waals surface area contributed by atoms with E-state index in [0.29, 0.717) is 41.8 Å². The van der Waals surface area contributed by atoms with Gasteiger partial charge >= 0.3 is 0 Å². The minimum absolute atomic E-state index is 0.105. The van der Waals surface area contributed by atoms with Crippen molar-refractivity contribution in [3.63, 3.8) is 0 Å². The van der Waals surface area contributed by atoms with Crippen molar-refractivity contribution in [3.05, 3.63) is 41.6 Å². The first-order valence-corrected chi connectivity index (χ1v) is 10.00. The van der Waals surface area contributed by atoms with Crippen LogP contribution in [0.15, 0.2) is 35.3 Å². The van der Waals surface area contributed by atoms with Crippen LogP contribution in [0.4, 0.5) is 0 Å². The Balaban J connectivity index is 1.36. The van der Waals surface area contributed by atoms with Crippen LogP contribution in [-0.2, 0) is 0 Å². The number of benzene rings is 1. The molecule has 2 aliphatic rings. The highest BCUT2D eigenvalue weighted by atomic mass is 35.5. The van der Waals surface area contributed by atoms with E-state index in [1.165, 1.54) is 13.4 Å². The summed E-state index contributed by atoms with van der Waals surface area (Å²) >= 11 is 6.12. The summed E-state index contributed by atoms with van der Waals surface area (Å²) in [6, 6.07) is 5.02. The fourth-order valence-corrected chi connectivity index (χ4v) is 4.96. The van der Waals surface area contributed by atoms with Gasteiger partial charge in [0.2, 0.25) is 0 Å². The molecule has 1 amide bonds. The van der Waals surface area contributed by atoms with E-state index < -0.39 is 6.10 Å². The van der Waals surface area contributed by atoms with Gasteiger partial charge in [0.05, 0.1) is 19.3 Å². The maximum Gasteiger partial charge on any atom is 0.289 e. The van der Waals surface area contributed by atoms with Crippen LogP contribution in [0.5, 0.6) is 5.75 Å². The Morgan fingerprint density at radius 2 is 2.07 bits per heavy atom. The van der Waals surface area contributed by atoms with Crippen LogP contribution in [0.2, 0.25) is 5.02 Å². The zero-order chi connectivity index (χ0) is 20.1. The van der Waals surface area contributed by atoms with Gasteiger partial charge in [-0.1, -0.05) is 11.6 Å². The Morgan fingerprint density at radius 1 is 1.28 bits per heavy atom. The third kappa shape index (κ3) is 3.16. The lowest BCUT2D eigenvalue weighted by Gasteiger charge is -2.34. The van der Waals surface area contributed by atoms with Crippen LogP contribution < -0.4 is 4.74 Å². The predicted octanol–water partition coefficient (Wildman–Crippen LogP) is 2.77. The molecule has 1 N–H and O–H groups in total. The molecule has 0 unspecified atom stereocenters. The van der Waals surface area contributed by atoms with Gasteiger partial charge in [0, 0.05) is 29.6 Å². The number of aliphatic hydroxyl groups excluding tert-OH is 1. The van der Waals surface area contributed by atoms with E-state index in [1.54, 1.807) is 29.2 Å². The zero-order valence-electron chi connectivity index (χ0n) is 15.9. The first-order chi connectivity index (χ1) is 14.0. The van der Waals surface area contributed by atoms with Crippen LogP contribution in [0.25, 0.3) is 11.0 Å². The van der Waals surface area contributed by atoms with Crippen LogP contribution >= 0.6 is 11.6 Å². The van der Waals surface area contributed by atoms with E-state index in [0.717, 1.165) is 11.8 Å². The van der Waals surface area contributed by atoms with Crippen molar-refractivity contribution in [3.8, 4) is 5.75 Å². The molecule has 29 heavy (non-hydrogen) atoms. The van der Waals surface area contributed by atoms with Gasteiger partial charge in [-0.3, -0.25) is 4.79 Å². The number of halogens is 1. The lowest BCUT2D eigenvalue weighted by molar-refractivity contribution is 0.0304. The normalized spacial score (nSPS) is 26.7. The number of methoxy groups -OCH3 is 1. The van der Waals surface area contributed by atoms with Crippen molar-refractivity contribution in [2.24, 2.45) is 11.8 Å². The lowest BCUT2D eigenvalue weighted by Crippen LogP contribution is -2.36. The molecule has 0 bridgehead atoms. The van der Waals surface area contributed by atoms with E-state index in [2.05, 4.69) is 10.1 Å². The van der Waals surface area contributed by atoms with Gasteiger partial charge in [-0.25, -0.2) is 9.67 Å². The summed E-state index contributed by atoms with van der Waals surface area (Å²) in [7, 11) is 1.54. The van der Waals surface area contributed by atoms with E-state index in [9.17, 15) is 9.90 Å². The molecule has 0 radical (unpaired) electrons. The number of likely N-dealkylation sites (tertiary alicyclic amines) is 1. The average molecular weight is 417 g/mol. The van der Waals surface area contributed by atoms with Gasteiger partial charge < -0.3 is 19.2 Å².